The number of hydrogen-bond donors (Lipinski definition) is 1. The SMILES string of the molecule is FC(F)COc1ccc(CC2CCCNC2)cc1. The third kappa shape index (κ3) is 4.26. The van der Waals surface area contributed by atoms with Gasteiger partial charge in [-0.1, -0.05) is 12.1 Å². The van der Waals surface area contributed by atoms with Crippen LogP contribution in [-0.4, -0.2) is 26.1 Å². The van der Waals surface area contributed by atoms with Crippen molar-refractivity contribution in [3.63, 3.8) is 0 Å². The molecule has 1 aromatic carbocycles. The first-order chi connectivity index (χ1) is 8.74. The first-order valence-corrected chi connectivity index (χ1v) is 6.44. The normalized spacial score (nSPS) is 20.1. The van der Waals surface area contributed by atoms with Crippen molar-refractivity contribution in [2.45, 2.75) is 25.7 Å². The summed E-state index contributed by atoms with van der Waals surface area (Å²) in [6.07, 6.45) is 1.12. The van der Waals surface area contributed by atoms with Crippen molar-refractivity contribution in [2.24, 2.45) is 5.92 Å². The second-order valence-corrected chi connectivity index (χ2v) is 4.76. The Bertz CT molecular complexity index is 347. The average Bonchev–Trinajstić information content (AvgIpc) is 2.39. The van der Waals surface area contributed by atoms with E-state index in [0.717, 1.165) is 19.5 Å². The Labute approximate surface area is 106 Å². The van der Waals surface area contributed by atoms with Crippen LogP contribution in [0.5, 0.6) is 5.75 Å². The summed E-state index contributed by atoms with van der Waals surface area (Å²) in [5.41, 5.74) is 1.24. The van der Waals surface area contributed by atoms with Gasteiger partial charge in [0.1, 0.15) is 12.4 Å². The fraction of sp³-hybridized carbons (Fsp3) is 0.571. The van der Waals surface area contributed by atoms with Crippen LogP contribution >= 0.6 is 0 Å². The Morgan fingerprint density at radius 1 is 1.28 bits per heavy atom. The van der Waals surface area contributed by atoms with E-state index < -0.39 is 13.0 Å². The van der Waals surface area contributed by atoms with Crippen molar-refractivity contribution in [1.29, 1.82) is 0 Å². The molecule has 1 aliphatic heterocycles. The Balaban J connectivity index is 1.83. The Morgan fingerprint density at radius 3 is 2.67 bits per heavy atom. The van der Waals surface area contributed by atoms with Crippen LogP contribution in [0.1, 0.15) is 18.4 Å². The number of ether oxygens (including phenoxy) is 1. The zero-order chi connectivity index (χ0) is 12.8. The molecule has 2 nitrogen and oxygen atoms in total. The average molecular weight is 255 g/mol. The molecule has 1 saturated heterocycles. The number of rotatable bonds is 5. The van der Waals surface area contributed by atoms with Crippen LogP contribution in [0.3, 0.4) is 0 Å². The second kappa shape index (κ2) is 6.69. The molecule has 4 heteroatoms. The van der Waals surface area contributed by atoms with Crippen molar-refractivity contribution < 1.29 is 13.5 Å². The number of benzene rings is 1. The third-order valence-electron chi connectivity index (χ3n) is 3.22. The van der Waals surface area contributed by atoms with E-state index in [1.807, 2.05) is 12.1 Å². The molecule has 0 spiro atoms. The van der Waals surface area contributed by atoms with Crippen LogP contribution in [0.15, 0.2) is 24.3 Å². The highest BCUT2D eigenvalue weighted by Gasteiger charge is 2.13. The summed E-state index contributed by atoms with van der Waals surface area (Å²) in [5.74, 6) is 1.20. The topological polar surface area (TPSA) is 21.3 Å². The van der Waals surface area contributed by atoms with Gasteiger partial charge in [0, 0.05) is 0 Å². The third-order valence-corrected chi connectivity index (χ3v) is 3.22. The van der Waals surface area contributed by atoms with E-state index in [2.05, 4.69) is 5.32 Å². The standard InChI is InChI=1S/C14H19F2NO/c15-14(16)10-18-13-5-3-11(4-6-13)8-12-2-1-7-17-9-12/h3-6,12,14,17H,1-2,7-10H2. The molecule has 0 aliphatic carbocycles. The summed E-state index contributed by atoms with van der Waals surface area (Å²) in [6, 6.07) is 7.48. The highest BCUT2D eigenvalue weighted by molar-refractivity contribution is 5.27. The first-order valence-electron chi connectivity index (χ1n) is 6.44. The van der Waals surface area contributed by atoms with Crippen molar-refractivity contribution in [3.05, 3.63) is 29.8 Å². The monoisotopic (exact) mass is 255 g/mol. The molecule has 2 rings (SSSR count). The van der Waals surface area contributed by atoms with Gasteiger partial charge in [-0.3, -0.25) is 0 Å². The van der Waals surface area contributed by atoms with E-state index in [1.165, 1.54) is 18.4 Å². The molecule has 0 bridgehead atoms. The smallest absolute Gasteiger partial charge is 0.272 e. The second-order valence-electron chi connectivity index (χ2n) is 4.76. The Morgan fingerprint density at radius 2 is 2.06 bits per heavy atom. The van der Waals surface area contributed by atoms with E-state index in [4.69, 9.17) is 4.74 Å². The van der Waals surface area contributed by atoms with Gasteiger partial charge in [-0.2, -0.15) is 0 Å². The van der Waals surface area contributed by atoms with Gasteiger partial charge >= 0.3 is 0 Å². The molecule has 1 aliphatic rings. The number of hydrogen-bond acceptors (Lipinski definition) is 2. The quantitative estimate of drug-likeness (QED) is 0.873. The van der Waals surface area contributed by atoms with Crippen molar-refractivity contribution >= 4 is 0 Å². The maximum Gasteiger partial charge on any atom is 0.272 e. The molecule has 100 valence electrons. The summed E-state index contributed by atoms with van der Waals surface area (Å²) in [4.78, 5) is 0. The number of piperidine rings is 1. The van der Waals surface area contributed by atoms with Crippen LogP contribution in [-0.2, 0) is 6.42 Å². The summed E-state index contributed by atoms with van der Waals surface area (Å²) in [7, 11) is 0. The summed E-state index contributed by atoms with van der Waals surface area (Å²) >= 11 is 0. The molecule has 0 aromatic heterocycles. The largest absolute Gasteiger partial charge is 0.488 e. The minimum absolute atomic E-state index is 0.515. The van der Waals surface area contributed by atoms with Crippen LogP contribution in [0.2, 0.25) is 0 Å². The molecule has 1 atom stereocenters. The lowest BCUT2D eigenvalue weighted by Gasteiger charge is -2.22. The summed E-state index contributed by atoms with van der Waals surface area (Å²) < 4.78 is 28.9. The molecule has 1 N–H and O–H groups in total. The molecule has 1 unspecified atom stereocenters. The van der Waals surface area contributed by atoms with Gasteiger partial charge in [0.15, 0.2) is 0 Å². The molecule has 1 fully saturated rings. The fourth-order valence-electron chi connectivity index (χ4n) is 2.31. The summed E-state index contributed by atoms with van der Waals surface area (Å²) in [6.45, 7) is 1.66. The summed E-state index contributed by atoms with van der Waals surface area (Å²) in [5, 5.41) is 3.39. The van der Waals surface area contributed by atoms with Gasteiger partial charge in [-0.15, -0.1) is 0 Å². The van der Waals surface area contributed by atoms with Gasteiger partial charge in [0.2, 0.25) is 0 Å². The number of nitrogens with one attached hydrogen (secondary N) is 1. The van der Waals surface area contributed by atoms with Gasteiger partial charge in [0.05, 0.1) is 0 Å². The van der Waals surface area contributed by atoms with Gasteiger partial charge in [-0.05, 0) is 56.0 Å². The molecule has 0 saturated carbocycles. The lowest BCUT2D eigenvalue weighted by molar-refractivity contribution is 0.0819. The van der Waals surface area contributed by atoms with Gasteiger partial charge in [0.25, 0.3) is 6.43 Å². The Kier molecular flexibility index (Phi) is 4.93. The fourth-order valence-corrected chi connectivity index (χ4v) is 2.31. The van der Waals surface area contributed by atoms with E-state index in [1.54, 1.807) is 12.1 Å². The lowest BCUT2D eigenvalue weighted by Crippen LogP contribution is -2.30. The molecule has 1 heterocycles. The lowest BCUT2D eigenvalue weighted by atomic mass is 9.92. The van der Waals surface area contributed by atoms with Crippen molar-refractivity contribution in [3.8, 4) is 5.75 Å². The zero-order valence-corrected chi connectivity index (χ0v) is 10.4. The minimum atomic E-state index is -2.42. The molecule has 0 amide bonds. The molecule has 18 heavy (non-hydrogen) atoms. The van der Waals surface area contributed by atoms with E-state index in [-0.39, 0.29) is 0 Å². The first kappa shape index (κ1) is 13.3. The van der Waals surface area contributed by atoms with E-state index in [9.17, 15) is 8.78 Å². The van der Waals surface area contributed by atoms with E-state index >= 15 is 0 Å². The van der Waals surface area contributed by atoms with Crippen molar-refractivity contribution in [1.82, 2.24) is 5.32 Å². The maximum atomic E-state index is 12.0. The number of alkyl halides is 2. The van der Waals surface area contributed by atoms with Crippen LogP contribution in [0.4, 0.5) is 8.78 Å². The van der Waals surface area contributed by atoms with Crippen LogP contribution in [0, 0.1) is 5.92 Å². The highest BCUT2D eigenvalue weighted by Crippen LogP contribution is 2.19. The van der Waals surface area contributed by atoms with E-state index in [0.29, 0.717) is 11.7 Å². The zero-order valence-electron chi connectivity index (χ0n) is 10.4. The maximum absolute atomic E-state index is 12.0. The van der Waals surface area contributed by atoms with Crippen LogP contribution < -0.4 is 10.1 Å². The minimum Gasteiger partial charge on any atom is -0.488 e. The van der Waals surface area contributed by atoms with Gasteiger partial charge in [-0.25, -0.2) is 8.78 Å². The van der Waals surface area contributed by atoms with Crippen molar-refractivity contribution in [2.75, 3.05) is 19.7 Å². The van der Waals surface area contributed by atoms with Crippen LogP contribution in [0.25, 0.3) is 0 Å². The molecular formula is C14H19F2NO. The van der Waals surface area contributed by atoms with Gasteiger partial charge < -0.3 is 10.1 Å². The Hall–Kier alpha value is -1.16. The molecular weight excluding hydrogens is 236 g/mol. The molecule has 1 aromatic rings. The molecule has 0 radical (unpaired) electrons. The highest BCUT2D eigenvalue weighted by atomic mass is 19.3. The predicted molar refractivity (Wildman–Crippen MR) is 67.2 cm³/mol. The predicted octanol–water partition coefficient (Wildman–Crippen LogP) is 2.87. The number of halogens is 2.